The minimum absolute atomic E-state index is 0.0181. The van der Waals surface area contributed by atoms with Gasteiger partial charge in [0, 0.05) is 50.5 Å². The number of ether oxygens (including phenoxy) is 3. The lowest BCUT2D eigenvalue weighted by Crippen LogP contribution is -2.70. The van der Waals surface area contributed by atoms with Crippen molar-refractivity contribution in [2.45, 2.75) is 109 Å². The largest absolute Gasteiger partial charge is 0.435 e. The molecule has 6 fully saturated rings. The third-order valence-corrected chi connectivity index (χ3v) is 8.98. The van der Waals surface area contributed by atoms with Gasteiger partial charge in [0.1, 0.15) is 0 Å². The molecule has 8 atom stereocenters. The van der Waals surface area contributed by atoms with Gasteiger partial charge in [-0.25, -0.2) is 14.6 Å². The van der Waals surface area contributed by atoms with Crippen LogP contribution in [-0.2, 0) is 52.8 Å². The van der Waals surface area contributed by atoms with E-state index < -0.39 is 47.7 Å². The molecule has 5 heterocycles. The first kappa shape index (κ1) is 28.9. The molecule has 1 saturated carbocycles. The van der Waals surface area contributed by atoms with Crippen molar-refractivity contribution in [2.75, 3.05) is 6.54 Å². The molecule has 3 amide bonds. The van der Waals surface area contributed by atoms with Crippen LogP contribution in [0, 0.1) is 23.7 Å². The van der Waals surface area contributed by atoms with Crippen LogP contribution in [0.25, 0.3) is 0 Å². The summed E-state index contributed by atoms with van der Waals surface area (Å²) in [5.74, 6) is -3.21. The van der Waals surface area contributed by atoms with E-state index in [2.05, 4.69) is 12.2 Å². The van der Waals surface area contributed by atoms with Gasteiger partial charge < -0.3 is 24.4 Å². The molecule has 0 aromatic carbocycles. The van der Waals surface area contributed by atoms with Crippen LogP contribution in [0.3, 0.4) is 0 Å². The average Bonchev–Trinajstić information content (AvgIpc) is 3.07. The number of fused-ring (bicyclic) bond motifs is 2. The van der Waals surface area contributed by atoms with Gasteiger partial charge in [0.25, 0.3) is 11.8 Å². The summed E-state index contributed by atoms with van der Waals surface area (Å²) in [5, 5.41) is 3.12. The lowest BCUT2D eigenvalue weighted by atomic mass is 9.58. The Morgan fingerprint density at radius 2 is 1.73 bits per heavy atom. The van der Waals surface area contributed by atoms with Crippen molar-refractivity contribution in [1.29, 1.82) is 0 Å². The lowest BCUT2D eigenvalue weighted by molar-refractivity contribution is -0.576. The highest BCUT2D eigenvalue weighted by Crippen LogP contribution is 2.60. The molecule has 6 aliphatic rings. The van der Waals surface area contributed by atoms with Crippen molar-refractivity contribution in [3.63, 3.8) is 0 Å². The molecule has 40 heavy (non-hydrogen) atoms. The summed E-state index contributed by atoms with van der Waals surface area (Å²) < 4.78 is 18.2. The number of rotatable bonds is 9. The zero-order chi connectivity index (χ0) is 28.7. The van der Waals surface area contributed by atoms with Gasteiger partial charge in [0.15, 0.2) is 11.9 Å². The molecule has 1 N–H and O–H groups in total. The summed E-state index contributed by atoms with van der Waals surface area (Å²) >= 11 is 0. The number of hydroxylamine groups is 2. The third kappa shape index (κ3) is 5.48. The van der Waals surface area contributed by atoms with E-state index in [1.165, 1.54) is 0 Å². The molecule has 0 unspecified atom stereocenters. The Kier molecular flexibility index (Phi) is 8.20. The van der Waals surface area contributed by atoms with Crippen LogP contribution in [0.5, 0.6) is 0 Å². The Balaban J connectivity index is 1.06. The molecule has 6 rings (SSSR count). The normalized spacial score (nSPS) is 38.4. The maximum atomic E-state index is 12.7. The van der Waals surface area contributed by atoms with E-state index in [4.69, 9.17) is 28.8 Å². The van der Waals surface area contributed by atoms with Gasteiger partial charge in [0.05, 0.1) is 6.42 Å². The van der Waals surface area contributed by atoms with Crippen LogP contribution < -0.4 is 5.32 Å². The topological polar surface area (TPSA) is 156 Å². The maximum Gasteiger partial charge on any atom is 0.333 e. The predicted octanol–water partition coefficient (Wildman–Crippen LogP) is 2.02. The van der Waals surface area contributed by atoms with Crippen molar-refractivity contribution < 1.29 is 52.8 Å². The molecule has 5 saturated heterocycles. The van der Waals surface area contributed by atoms with E-state index >= 15 is 0 Å². The number of hydrogen-bond donors (Lipinski definition) is 1. The molecule has 13 heteroatoms. The zero-order valence-electron chi connectivity index (χ0n) is 23.2. The molecular weight excluding hydrogens is 528 g/mol. The standard InChI is InChI=1S/C27H38N2O11/c1-15-6-7-18-16(2)24(36-25-27(18)17(15)12-13-26(3,37-25)39-40-27)35-22(33)11-8-19(30)28-14-4-5-23(34)38-29-20(31)9-10-21(29)32/h15-18,24-25H,4-14H2,1-3H3,(H,28,30)/t15-,16+,17+,18+,24-,25+,26-,27-/m1/s1. The van der Waals surface area contributed by atoms with E-state index in [0.29, 0.717) is 17.4 Å². The van der Waals surface area contributed by atoms with Crippen LogP contribution >= 0.6 is 0 Å². The quantitative estimate of drug-likeness (QED) is 0.188. The third-order valence-electron chi connectivity index (χ3n) is 8.98. The fraction of sp³-hybridized carbons (Fsp3) is 0.815. The van der Waals surface area contributed by atoms with Gasteiger partial charge in [-0.2, -0.15) is 0 Å². The highest BCUT2D eigenvalue weighted by atomic mass is 17.3. The average molecular weight is 567 g/mol. The monoisotopic (exact) mass is 566 g/mol. The second-order valence-electron chi connectivity index (χ2n) is 11.8. The smallest absolute Gasteiger partial charge is 0.333 e. The van der Waals surface area contributed by atoms with Crippen molar-refractivity contribution in [3.05, 3.63) is 0 Å². The molecule has 1 spiro atoms. The Morgan fingerprint density at radius 1 is 0.975 bits per heavy atom. The van der Waals surface area contributed by atoms with Gasteiger partial charge in [-0.1, -0.05) is 13.8 Å². The van der Waals surface area contributed by atoms with Crippen molar-refractivity contribution in [1.82, 2.24) is 10.4 Å². The Hall–Kier alpha value is -2.61. The molecule has 13 nitrogen and oxygen atoms in total. The number of imide groups is 1. The summed E-state index contributed by atoms with van der Waals surface area (Å²) in [4.78, 5) is 76.4. The molecule has 1 aliphatic carbocycles. The SMILES string of the molecule is C[C@@H]1[C@H](OC(=O)CCC(=O)NCCCC(=O)ON2C(=O)CCC2=O)O[C@H]2O[C@@]3(C)CC[C@H]4[C@H](C)CC[C@@H]1[C@@]24OO3. The second-order valence-corrected chi connectivity index (χ2v) is 11.8. The van der Waals surface area contributed by atoms with Crippen molar-refractivity contribution in [2.24, 2.45) is 23.7 Å². The zero-order valence-corrected chi connectivity index (χ0v) is 23.2. The first-order chi connectivity index (χ1) is 19.0. The highest BCUT2D eigenvalue weighted by molar-refractivity contribution is 6.01. The molecule has 5 aliphatic heterocycles. The molecular formula is C27H38N2O11. The van der Waals surface area contributed by atoms with Crippen LogP contribution in [0.1, 0.15) is 85.0 Å². The summed E-state index contributed by atoms with van der Waals surface area (Å²) in [5.41, 5.74) is -0.748. The minimum atomic E-state index is -0.926. The number of nitrogens with one attached hydrogen (secondary N) is 1. The van der Waals surface area contributed by atoms with E-state index in [0.717, 1.165) is 19.3 Å². The molecule has 0 aromatic heterocycles. The fourth-order valence-electron chi connectivity index (χ4n) is 6.76. The molecule has 0 radical (unpaired) electrons. The number of hydrogen-bond acceptors (Lipinski definition) is 11. The van der Waals surface area contributed by atoms with E-state index in [1.54, 1.807) is 0 Å². The van der Waals surface area contributed by atoms with E-state index in [9.17, 15) is 24.0 Å². The Morgan fingerprint density at radius 3 is 2.48 bits per heavy atom. The highest BCUT2D eigenvalue weighted by Gasteiger charge is 2.69. The lowest BCUT2D eigenvalue weighted by Gasteiger charge is -2.59. The van der Waals surface area contributed by atoms with Gasteiger partial charge in [-0.15, -0.1) is 5.06 Å². The summed E-state index contributed by atoms with van der Waals surface area (Å²) in [6, 6.07) is 0. The van der Waals surface area contributed by atoms with Crippen LogP contribution in [0.4, 0.5) is 0 Å². The van der Waals surface area contributed by atoms with Crippen LogP contribution in [0.2, 0.25) is 0 Å². The van der Waals surface area contributed by atoms with E-state index in [-0.39, 0.29) is 68.7 Å². The number of amides is 3. The molecule has 2 bridgehead atoms. The maximum absolute atomic E-state index is 12.7. The number of nitrogens with zero attached hydrogens (tertiary/aromatic N) is 1. The number of carbonyl (C=O) groups excluding carboxylic acids is 5. The minimum Gasteiger partial charge on any atom is -0.435 e. The van der Waals surface area contributed by atoms with Crippen LogP contribution in [-0.4, -0.2) is 65.2 Å². The fourth-order valence-corrected chi connectivity index (χ4v) is 6.76. The predicted molar refractivity (Wildman–Crippen MR) is 132 cm³/mol. The van der Waals surface area contributed by atoms with Gasteiger partial charge >= 0.3 is 11.9 Å². The van der Waals surface area contributed by atoms with Gasteiger partial charge in [-0.3, -0.25) is 19.2 Å². The number of esters is 1. The summed E-state index contributed by atoms with van der Waals surface area (Å²) in [7, 11) is 0. The van der Waals surface area contributed by atoms with Crippen LogP contribution in [0.15, 0.2) is 0 Å². The van der Waals surface area contributed by atoms with Gasteiger partial charge in [-0.05, 0) is 44.4 Å². The van der Waals surface area contributed by atoms with Gasteiger partial charge in [0.2, 0.25) is 18.0 Å². The second kappa shape index (κ2) is 11.3. The Labute approximate surface area is 232 Å². The molecule has 0 aromatic rings. The van der Waals surface area contributed by atoms with Crippen molar-refractivity contribution in [3.8, 4) is 0 Å². The first-order valence-corrected chi connectivity index (χ1v) is 14.3. The number of carbonyl (C=O) groups is 5. The first-order valence-electron chi connectivity index (χ1n) is 14.3. The molecule has 222 valence electrons. The summed E-state index contributed by atoms with van der Waals surface area (Å²) in [6.45, 7) is 6.20. The Bertz CT molecular complexity index is 1040. The van der Waals surface area contributed by atoms with Crippen molar-refractivity contribution >= 4 is 29.7 Å². The van der Waals surface area contributed by atoms with E-state index in [1.807, 2.05) is 13.8 Å². The summed E-state index contributed by atoms with van der Waals surface area (Å²) in [6.07, 6.45) is 1.89.